The molecule has 2 heterocycles. The summed E-state index contributed by atoms with van der Waals surface area (Å²) in [5.41, 5.74) is 11.0. The number of fused-ring (bicyclic) bond motifs is 2. The predicted octanol–water partition coefficient (Wildman–Crippen LogP) is 3.27. The third-order valence-corrected chi connectivity index (χ3v) is 7.25. The summed E-state index contributed by atoms with van der Waals surface area (Å²) in [6, 6.07) is 19.0. The van der Waals surface area contributed by atoms with E-state index in [0.717, 1.165) is 42.8 Å². The van der Waals surface area contributed by atoms with E-state index in [1.165, 1.54) is 5.56 Å². The lowest BCUT2D eigenvalue weighted by molar-refractivity contribution is 0.0646. The van der Waals surface area contributed by atoms with E-state index < -0.39 is 0 Å². The second kappa shape index (κ2) is 8.86. The van der Waals surface area contributed by atoms with Gasteiger partial charge in [0.2, 0.25) is 0 Å². The zero-order valence-electron chi connectivity index (χ0n) is 18.3. The Morgan fingerprint density at radius 1 is 1.12 bits per heavy atom. The summed E-state index contributed by atoms with van der Waals surface area (Å²) < 4.78 is 5.99. The van der Waals surface area contributed by atoms with Crippen molar-refractivity contribution in [1.82, 2.24) is 4.90 Å². The summed E-state index contributed by atoms with van der Waals surface area (Å²) >= 11 is 6.45. The number of amides is 1. The highest BCUT2D eigenvalue weighted by atomic mass is 35.5. The van der Waals surface area contributed by atoms with Gasteiger partial charge in [-0.3, -0.25) is 4.79 Å². The normalized spacial score (nSPS) is 16.4. The number of carbonyl (C=O) groups is 1. The molecule has 0 aliphatic carbocycles. The second-order valence-corrected chi connectivity index (χ2v) is 9.25. The number of rotatable bonds is 4. The number of nitrogens with two attached hydrogens (primary N) is 1. The smallest absolute Gasteiger partial charge is 0.326 e. The first-order valence-electron chi connectivity index (χ1n) is 11.2. The van der Waals surface area contributed by atoms with E-state index in [9.17, 15) is 9.82 Å². The van der Waals surface area contributed by atoms with Crippen molar-refractivity contribution in [3.63, 3.8) is 0 Å². The fraction of sp³-hybridized carbons (Fsp3) is 0.269. The Hall–Kier alpha value is -2.80. The minimum absolute atomic E-state index is 0.00231. The number of nitrogens with zero attached hydrogens (tertiary/aromatic N) is 1. The maximum atomic E-state index is 13.4. The largest absolute Gasteiger partial charge is 0.492 e. The van der Waals surface area contributed by atoms with E-state index in [1.54, 1.807) is 18.2 Å². The second-order valence-electron chi connectivity index (χ2n) is 8.85. The van der Waals surface area contributed by atoms with Crippen LogP contribution in [0.4, 0.5) is 0 Å². The Labute approximate surface area is 199 Å². The number of halogens is 1. The van der Waals surface area contributed by atoms with Crippen LogP contribution in [0.1, 0.15) is 34.3 Å². The van der Waals surface area contributed by atoms with Crippen LogP contribution < -0.4 is 15.9 Å². The fourth-order valence-corrected chi connectivity index (χ4v) is 5.16. The molecule has 0 unspecified atom stereocenters. The third-order valence-electron chi connectivity index (χ3n) is 6.92. The van der Waals surface area contributed by atoms with Gasteiger partial charge in [-0.05, 0) is 48.2 Å². The fourth-order valence-electron chi connectivity index (χ4n) is 4.94. The third kappa shape index (κ3) is 4.03. The number of likely N-dealkylation sites (tertiary alicyclic amines) is 1. The number of benzene rings is 3. The first kappa shape index (κ1) is 22.0. The Balaban J connectivity index is 1.35. The molecule has 1 spiro atoms. The molecule has 2 aliphatic heterocycles. The van der Waals surface area contributed by atoms with Crippen LogP contribution >= 0.6 is 11.6 Å². The molecular formula is C26H25BClN2O3. The Bertz CT molecular complexity index is 1210. The molecule has 0 atom stereocenters. The van der Waals surface area contributed by atoms with Crippen LogP contribution in [0.5, 0.6) is 5.75 Å². The first-order chi connectivity index (χ1) is 16.0. The van der Waals surface area contributed by atoms with E-state index >= 15 is 0 Å². The topological polar surface area (TPSA) is 75.8 Å². The van der Waals surface area contributed by atoms with E-state index in [4.69, 9.17) is 22.1 Å². The lowest BCUT2D eigenvalue weighted by Crippen LogP contribution is -2.46. The van der Waals surface area contributed by atoms with E-state index in [2.05, 4.69) is 6.07 Å². The lowest BCUT2D eigenvalue weighted by Gasteiger charge is -2.38. The molecular weight excluding hydrogens is 435 g/mol. The summed E-state index contributed by atoms with van der Waals surface area (Å²) in [5.74, 6) is 0.944. The number of ether oxygens (including phenoxy) is 1. The first-order valence-corrected chi connectivity index (χ1v) is 11.5. The Morgan fingerprint density at radius 2 is 1.94 bits per heavy atom. The molecule has 1 radical (unpaired) electrons. The van der Waals surface area contributed by atoms with Crippen LogP contribution in [-0.4, -0.2) is 43.0 Å². The van der Waals surface area contributed by atoms with Gasteiger partial charge in [-0.25, -0.2) is 0 Å². The lowest BCUT2D eigenvalue weighted by atomic mass is 9.74. The Morgan fingerprint density at radius 3 is 2.70 bits per heavy atom. The molecule has 3 N–H and O–H groups in total. The maximum absolute atomic E-state index is 13.4. The van der Waals surface area contributed by atoms with Gasteiger partial charge in [-0.1, -0.05) is 53.5 Å². The monoisotopic (exact) mass is 459 g/mol. The molecule has 7 heteroatoms. The van der Waals surface area contributed by atoms with Crippen molar-refractivity contribution < 1.29 is 14.6 Å². The van der Waals surface area contributed by atoms with Crippen molar-refractivity contribution in [2.45, 2.75) is 24.8 Å². The van der Waals surface area contributed by atoms with Crippen LogP contribution in [0.3, 0.4) is 0 Å². The zero-order chi connectivity index (χ0) is 23.0. The molecule has 1 fully saturated rings. The maximum Gasteiger partial charge on any atom is 0.326 e. The van der Waals surface area contributed by atoms with E-state index in [-0.39, 0.29) is 11.3 Å². The molecule has 0 aromatic heterocycles. The van der Waals surface area contributed by atoms with Crippen molar-refractivity contribution in [1.29, 1.82) is 0 Å². The van der Waals surface area contributed by atoms with Gasteiger partial charge in [0, 0.05) is 46.8 Å². The zero-order valence-corrected chi connectivity index (χ0v) is 19.0. The van der Waals surface area contributed by atoms with Crippen molar-refractivity contribution in [3.05, 3.63) is 82.4 Å². The van der Waals surface area contributed by atoms with Crippen LogP contribution in [-0.2, 0) is 12.0 Å². The average Bonchev–Trinajstić information content (AvgIpc) is 3.21. The van der Waals surface area contributed by atoms with Crippen LogP contribution in [0.15, 0.2) is 60.7 Å². The van der Waals surface area contributed by atoms with Crippen molar-refractivity contribution >= 4 is 30.5 Å². The molecule has 3 aromatic rings. The number of hydrogen-bond acceptors (Lipinski definition) is 4. The molecule has 33 heavy (non-hydrogen) atoms. The Kier molecular flexibility index (Phi) is 5.91. The highest BCUT2D eigenvalue weighted by Crippen LogP contribution is 2.46. The number of carbonyl (C=O) groups excluding carboxylic acids is 1. The van der Waals surface area contributed by atoms with Gasteiger partial charge < -0.3 is 20.4 Å². The summed E-state index contributed by atoms with van der Waals surface area (Å²) in [6.45, 7) is 2.50. The van der Waals surface area contributed by atoms with Crippen LogP contribution in [0.2, 0.25) is 5.02 Å². The van der Waals surface area contributed by atoms with Crippen molar-refractivity contribution in [2.24, 2.45) is 5.73 Å². The van der Waals surface area contributed by atoms with E-state index in [0.29, 0.717) is 42.3 Å². The molecule has 5 nitrogen and oxygen atoms in total. The average molecular weight is 460 g/mol. The highest BCUT2D eigenvalue weighted by Gasteiger charge is 2.44. The molecule has 1 saturated heterocycles. The highest BCUT2D eigenvalue weighted by molar-refractivity contribution is 6.45. The van der Waals surface area contributed by atoms with Gasteiger partial charge in [0.15, 0.2) is 0 Å². The minimum Gasteiger partial charge on any atom is -0.492 e. The number of hydrogen-bond donors (Lipinski definition) is 2. The SMILES string of the molecule is NCc1ccc2c(c1)C1(CCN(C(=O)c3ccc(Cl)c(-c4cccc([B]O)c4)c3)CC1)CO2. The summed E-state index contributed by atoms with van der Waals surface area (Å²) in [7, 11) is 1.05. The summed E-state index contributed by atoms with van der Waals surface area (Å²) in [5, 5.41) is 9.90. The van der Waals surface area contributed by atoms with Crippen LogP contribution in [0.25, 0.3) is 11.1 Å². The molecule has 2 aliphatic rings. The molecule has 5 rings (SSSR count). The molecule has 167 valence electrons. The van der Waals surface area contributed by atoms with Gasteiger partial charge in [-0.15, -0.1) is 0 Å². The van der Waals surface area contributed by atoms with Gasteiger partial charge in [-0.2, -0.15) is 0 Å². The minimum atomic E-state index is -0.0519. The van der Waals surface area contributed by atoms with Crippen molar-refractivity contribution in [3.8, 4) is 16.9 Å². The predicted molar refractivity (Wildman–Crippen MR) is 131 cm³/mol. The summed E-state index contributed by atoms with van der Waals surface area (Å²) in [4.78, 5) is 15.3. The summed E-state index contributed by atoms with van der Waals surface area (Å²) in [6.07, 6.45) is 1.71. The van der Waals surface area contributed by atoms with Crippen LogP contribution in [0, 0.1) is 0 Å². The quantitative estimate of drug-likeness (QED) is 0.587. The molecule has 0 bridgehead atoms. The standard InChI is InChI=1S/C26H25BClN2O3/c28-23-6-5-19(14-21(23)18-2-1-3-20(13-18)27-32)25(31)30-10-8-26(9-11-30)16-33-24-7-4-17(15-29)12-22(24)26/h1-7,12-14,32H,8-11,15-16,29H2. The molecule has 3 aromatic carbocycles. The van der Waals surface area contributed by atoms with Gasteiger partial charge >= 0.3 is 7.48 Å². The molecule has 1 amide bonds. The van der Waals surface area contributed by atoms with Gasteiger partial charge in [0.25, 0.3) is 5.91 Å². The van der Waals surface area contributed by atoms with Crippen molar-refractivity contribution in [2.75, 3.05) is 19.7 Å². The van der Waals surface area contributed by atoms with Gasteiger partial charge in [0.05, 0.1) is 6.61 Å². The number of piperidine rings is 1. The van der Waals surface area contributed by atoms with E-state index in [1.807, 2.05) is 41.3 Å². The van der Waals surface area contributed by atoms with Gasteiger partial charge in [0.1, 0.15) is 5.75 Å². The molecule has 0 saturated carbocycles.